The molecule has 0 unspecified atom stereocenters. The monoisotopic (exact) mass is 280 g/mol. The van der Waals surface area contributed by atoms with E-state index < -0.39 is 0 Å². The van der Waals surface area contributed by atoms with Crippen molar-refractivity contribution in [1.82, 2.24) is 9.88 Å². The second-order valence-electron chi connectivity index (χ2n) is 4.78. The topological polar surface area (TPSA) is 62.5 Å². The van der Waals surface area contributed by atoms with E-state index in [1.54, 1.807) is 0 Å². The number of nitrogen functional groups attached to an aromatic ring is 1. The van der Waals surface area contributed by atoms with Gasteiger partial charge in [0, 0.05) is 26.7 Å². The van der Waals surface area contributed by atoms with Crippen molar-refractivity contribution in [2.24, 2.45) is 0 Å². The summed E-state index contributed by atoms with van der Waals surface area (Å²) in [6.45, 7) is 6.40. The minimum Gasteiger partial charge on any atom is -0.382 e. The fraction of sp³-hybridized carbons (Fsp3) is 0.538. The number of nitrogens with zero attached hydrogens (tertiary/aromatic N) is 3. The Balaban J connectivity index is 2.17. The second-order valence-corrected chi connectivity index (χ2v) is 5.75. The van der Waals surface area contributed by atoms with Gasteiger partial charge in [0.15, 0.2) is 5.13 Å². The van der Waals surface area contributed by atoms with E-state index in [-0.39, 0.29) is 5.91 Å². The van der Waals surface area contributed by atoms with Gasteiger partial charge in [-0.2, -0.15) is 0 Å². The van der Waals surface area contributed by atoms with Crippen molar-refractivity contribution in [2.45, 2.75) is 20.3 Å². The molecule has 0 fully saturated rings. The molecule has 0 aromatic carbocycles. The Morgan fingerprint density at radius 1 is 1.63 bits per heavy atom. The van der Waals surface area contributed by atoms with E-state index in [2.05, 4.69) is 18.0 Å². The maximum absolute atomic E-state index is 12.4. The highest BCUT2D eigenvalue weighted by atomic mass is 32.1. The van der Waals surface area contributed by atoms with Crippen molar-refractivity contribution in [3.05, 3.63) is 16.5 Å². The number of rotatable bonds is 3. The summed E-state index contributed by atoms with van der Waals surface area (Å²) in [7, 11) is 1.94. The maximum Gasteiger partial charge on any atom is 0.268 e. The van der Waals surface area contributed by atoms with Crippen LogP contribution < -0.4 is 10.6 Å². The van der Waals surface area contributed by atoms with Crippen LogP contribution in [0.15, 0.2) is 11.6 Å². The first-order valence-electron chi connectivity index (χ1n) is 6.45. The zero-order valence-corrected chi connectivity index (χ0v) is 12.5. The third kappa shape index (κ3) is 2.89. The predicted molar refractivity (Wildman–Crippen MR) is 79.7 cm³/mol. The van der Waals surface area contributed by atoms with Crippen molar-refractivity contribution in [3.8, 4) is 0 Å². The number of anilines is 2. The molecule has 0 bridgehead atoms. The Bertz CT molecular complexity index is 509. The molecule has 0 saturated carbocycles. The van der Waals surface area contributed by atoms with Gasteiger partial charge in [0.2, 0.25) is 0 Å². The zero-order chi connectivity index (χ0) is 14.0. The quantitative estimate of drug-likeness (QED) is 0.860. The molecular weight excluding hydrogens is 260 g/mol. The van der Waals surface area contributed by atoms with Gasteiger partial charge >= 0.3 is 0 Å². The Labute approximate surface area is 117 Å². The summed E-state index contributed by atoms with van der Waals surface area (Å²) in [5.74, 6) is 0.339. The van der Waals surface area contributed by atoms with E-state index in [0.29, 0.717) is 17.2 Å². The van der Waals surface area contributed by atoms with Crippen LogP contribution in [0.5, 0.6) is 0 Å². The Morgan fingerprint density at radius 2 is 2.37 bits per heavy atom. The minimum atomic E-state index is -0.00509. The molecule has 1 aliphatic heterocycles. The van der Waals surface area contributed by atoms with Crippen molar-refractivity contribution >= 4 is 28.2 Å². The summed E-state index contributed by atoms with van der Waals surface area (Å²) in [6.07, 6.45) is 3.03. The van der Waals surface area contributed by atoms with E-state index in [4.69, 9.17) is 5.73 Å². The van der Waals surface area contributed by atoms with Crippen molar-refractivity contribution in [1.29, 1.82) is 0 Å². The average Bonchev–Trinajstić information content (AvgIpc) is 2.80. The highest BCUT2D eigenvalue weighted by molar-refractivity contribution is 7.18. The lowest BCUT2D eigenvalue weighted by atomic mass is 10.1. The third-order valence-corrected chi connectivity index (χ3v) is 4.53. The number of aromatic nitrogens is 1. The van der Waals surface area contributed by atoms with Gasteiger partial charge in [-0.3, -0.25) is 4.79 Å². The molecule has 0 saturated heterocycles. The molecular formula is C13H20N4OS. The lowest BCUT2D eigenvalue weighted by molar-refractivity contribution is 0.0774. The molecule has 0 spiro atoms. The van der Waals surface area contributed by atoms with Crippen LogP contribution in [0.2, 0.25) is 0 Å². The van der Waals surface area contributed by atoms with Crippen LogP contribution in [0.4, 0.5) is 10.9 Å². The van der Waals surface area contributed by atoms with E-state index >= 15 is 0 Å². The van der Waals surface area contributed by atoms with Crippen molar-refractivity contribution in [3.63, 3.8) is 0 Å². The van der Waals surface area contributed by atoms with E-state index in [1.807, 2.05) is 23.8 Å². The predicted octanol–water partition coefficient (Wildman–Crippen LogP) is 1.97. The number of carbonyl (C=O) groups is 1. The first-order valence-corrected chi connectivity index (χ1v) is 7.27. The standard InChI is InChI=1S/C13H20N4OS/c1-4-16(3)13-15-11(14)10(19-13)12(18)17-7-5-9(2)6-8-17/h5H,4,6-8,14H2,1-3H3. The number of amides is 1. The number of hydrogen-bond donors (Lipinski definition) is 1. The Kier molecular flexibility index (Phi) is 4.09. The number of carbonyl (C=O) groups excluding carboxylic acids is 1. The third-order valence-electron chi connectivity index (χ3n) is 3.36. The van der Waals surface area contributed by atoms with Crippen LogP contribution in [0, 0.1) is 0 Å². The van der Waals surface area contributed by atoms with Gasteiger partial charge in [-0.25, -0.2) is 4.98 Å². The molecule has 1 aliphatic rings. The fourth-order valence-electron chi connectivity index (χ4n) is 1.87. The summed E-state index contributed by atoms with van der Waals surface area (Å²) in [5, 5.41) is 0.798. The van der Waals surface area contributed by atoms with Crippen LogP contribution in [0.3, 0.4) is 0 Å². The van der Waals surface area contributed by atoms with Crippen molar-refractivity contribution in [2.75, 3.05) is 37.3 Å². The van der Waals surface area contributed by atoms with E-state index in [1.165, 1.54) is 16.9 Å². The van der Waals surface area contributed by atoms with Gasteiger partial charge in [0.25, 0.3) is 5.91 Å². The Morgan fingerprint density at radius 3 is 2.95 bits per heavy atom. The first kappa shape index (κ1) is 13.9. The molecule has 2 N–H and O–H groups in total. The Hall–Kier alpha value is -1.56. The van der Waals surface area contributed by atoms with Gasteiger partial charge < -0.3 is 15.5 Å². The second kappa shape index (κ2) is 5.61. The molecule has 104 valence electrons. The first-order chi connectivity index (χ1) is 9.02. The van der Waals surface area contributed by atoms with Crippen LogP contribution in [0.25, 0.3) is 0 Å². The number of thiazole rings is 1. The molecule has 1 amide bonds. The van der Waals surface area contributed by atoms with Gasteiger partial charge in [0.1, 0.15) is 10.7 Å². The van der Waals surface area contributed by atoms with Crippen LogP contribution in [-0.4, -0.2) is 42.5 Å². The summed E-state index contributed by atoms with van der Waals surface area (Å²) < 4.78 is 0. The van der Waals surface area contributed by atoms with Gasteiger partial charge in [-0.05, 0) is 20.3 Å². The minimum absolute atomic E-state index is 0.00509. The van der Waals surface area contributed by atoms with Crippen LogP contribution in [-0.2, 0) is 0 Å². The zero-order valence-electron chi connectivity index (χ0n) is 11.6. The SMILES string of the molecule is CCN(C)c1nc(N)c(C(=O)N2CC=C(C)CC2)s1. The molecule has 2 rings (SSSR count). The van der Waals surface area contributed by atoms with E-state index in [9.17, 15) is 4.79 Å². The summed E-state index contributed by atoms with van der Waals surface area (Å²) in [5.41, 5.74) is 7.22. The molecule has 0 aliphatic carbocycles. The summed E-state index contributed by atoms with van der Waals surface area (Å²) >= 11 is 1.37. The van der Waals surface area contributed by atoms with Crippen LogP contribution >= 0.6 is 11.3 Å². The number of hydrogen-bond acceptors (Lipinski definition) is 5. The van der Waals surface area contributed by atoms with Crippen molar-refractivity contribution < 1.29 is 4.79 Å². The molecule has 1 aromatic rings. The number of nitrogens with two attached hydrogens (primary N) is 1. The van der Waals surface area contributed by atoms with Crippen LogP contribution in [0.1, 0.15) is 29.9 Å². The lowest BCUT2D eigenvalue weighted by Crippen LogP contribution is -2.34. The van der Waals surface area contributed by atoms with Gasteiger partial charge in [-0.15, -0.1) is 0 Å². The average molecular weight is 280 g/mol. The normalized spacial score (nSPS) is 15.3. The molecule has 1 aromatic heterocycles. The summed E-state index contributed by atoms with van der Waals surface area (Å²) in [4.78, 5) is 21.1. The maximum atomic E-state index is 12.4. The highest BCUT2D eigenvalue weighted by Crippen LogP contribution is 2.29. The molecule has 5 nitrogen and oxygen atoms in total. The molecule has 2 heterocycles. The lowest BCUT2D eigenvalue weighted by Gasteiger charge is -2.24. The summed E-state index contributed by atoms with van der Waals surface area (Å²) in [6, 6.07) is 0. The van der Waals surface area contributed by atoms with Gasteiger partial charge in [-0.1, -0.05) is 23.0 Å². The highest BCUT2D eigenvalue weighted by Gasteiger charge is 2.23. The molecule has 6 heteroatoms. The smallest absolute Gasteiger partial charge is 0.268 e. The molecule has 0 radical (unpaired) electrons. The van der Waals surface area contributed by atoms with E-state index in [0.717, 1.165) is 24.6 Å². The molecule has 0 atom stereocenters. The largest absolute Gasteiger partial charge is 0.382 e. The fourth-order valence-corrected chi connectivity index (χ4v) is 2.85. The van der Waals surface area contributed by atoms with Gasteiger partial charge in [0.05, 0.1) is 0 Å². The molecule has 19 heavy (non-hydrogen) atoms.